The molecule has 2 aromatic rings. The minimum absolute atomic E-state index is 0.0298. The molecule has 0 bridgehead atoms. The molecule has 0 fully saturated rings. The van der Waals surface area contributed by atoms with Gasteiger partial charge in [-0.2, -0.15) is 0 Å². The van der Waals surface area contributed by atoms with Crippen molar-refractivity contribution in [2.75, 3.05) is 11.9 Å². The molecule has 1 heterocycles. The van der Waals surface area contributed by atoms with E-state index in [1.807, 2.05) is 30.1 Å². The molecule has 4 heteroatoms. The van der Waals surface area contributed by atoms with Crippen LogP contribution in [-0.4, -0.2) is 17.1 Å². The minimum Gasteiger partial charge on any atom is -0.392 e. The van der Waals surface area contributed by atoms with Crippen molar-refractivity contribution < 1.29 is 5.11 Å². The van der Waals surface area contributed by atoms with E-state index in [4.69, 9.17) is 0 Å². The van der Waals surface area contributed by atoms with E-state index in [0.717, 1.165) is 21.5 Å². The smallest absolute Gasteiger partial charge is 0.138 e. The van der Waals surface area contributed by atoms with Crippen LogP contribution in [0.1, 0.15) is 11.1 Å². The lowest BCUT2D eigenvalue weighted by Gasteiger charge is -2.21. The standard InChI is InChI=1S/C14H15BrN2O/c1-10-3-5-13(6-4-10)17(2)14-11(9-18)7-12(15)8-16-14/h3-8,18H,9H2,1-2H3. The van der Waals surface area contributed by atoms with Gasteiger partial charge in [-0.05, 0) is 41.1 Å². The zero-order valence-corrected chi connectivity index (χ0v) is 12.0. The molecule has 0 spiro atoms. The molecule has 0 saturated heterocycles. The number of halogens is 1. The second kappa shape index (κ2) is 5.50. The van der Waals surface area contributed by atoms with E-state index in [1.165, 1.54) is 5.56 Å². The predicted molar refractivity (Wildman–Crippen MR) is 77.1 cm³/mol. The van der Waals surface area contributed by atoms with E-state index in [0.29, 0.717) is 0 Å². The van der Waals surface area contributed by atoms with E-state index in [9.17, 15) is 5.11 Å². The van der Waals surface area contributed by atoms with Gasteiger partial charge in [-0.25, -0.2) is 4.98 Å². The maximum Gasteiger partial charge on any atom is 0.138 e. The summed E-state index contributed by atoms with van der Waals surface area (Å²) in [6.07, 6.45) is 1.74. The molecule has 0 saturated carbocycles. The number of aromatic nitrogens is 1. The summed E-state index contributed by atoms with van der Waals surface area (Å²) in [5.74, 6) is 0.768. The van der Waals surface area contributed by atoms with Gasteiger partial charge in [-0.15, -0.1) is 0 Å². The Balaban J connectivity index is 2.39. The number of rotatable bonds is 3. The van der Waals surface area contributed by atoms with E-state index < -0.39 is 0 Å². The molecule has 0 atom stereocenters. The largest absolute Gasteiger partial charge is 0.392 e. The van der Waals surface area contributed by atoms with Crippen LogP contribution in [0.3, 0.4) is 0 Å². The molecule has 18 heavy (non-hydrogen) atoms. The second-order valence-corrected chi connectivity index (χ2v) is 5.10. The second-order valence-electron chi connectivity index (χ2n) is 4.19. The third-order valence-corrected chi connectivity index (χ3v) is 3.25. The highest BCUT2D eigenvalue weighted by molar-refractivity contribution is 9.10. The minimum atomic E-state index is -0.0298. The van der Waals surface area contributed by atoms with Crippen LogP contribution in [0.2, 0.25) is 0 Å². The Hall–Kier alpha value is -1.39. The van der Waals surface area contributed by atoms with Crippen LogP contribution >= 0.6 is 15.9 Å². The topological polar surface area (TPSA) is 36.4 Å². The highest BCUT2D eigenvalue weighted by Crippen LogP contribution is 2.27. The van der Waals surface area contributed by atoms with E-state index in [2.05, 4.69) is 40.0 Å². The molecule has 3 nitrogen and oxygen atoms in total. The van der Waals surface area contributed by atoms with Crippen molar-refractivity contribution in [3.05, 3.63) is 52.1 Å². The van der Waals surface area contributed by atoms with Crippen molar-refractivity contribution in [3.8, 4) is 0 Å². The van der Waals surface area contributed by atoms with Crippen molar-refractivity contribution in [2.45, 2.75) is 13.5 Å². The van der Waals surface area contributed by atoms with Gasteiger partial charge in [0.05, 0.1) is 6.61 Å². The van der Waals surface area contributed by atoms with Crippen molar-refractivity contribution in [3.63, 3.8) is 0 Å². The Kier molecular flexibility index (Phi) is 3.99. The average Bonchev–Trinajstić information content (AvgIpc) is 2.38. The lowest BCUT2D eigenvalue weighted by molar-refractivity contribution is 0.282. The lowest BCUT2D eigenvalue weighted by atomic mass is 10.2. The molecule has 1 aromatic carbocycles. The molecule has 94 valence electrons. The Labute approximate surface area is 115 Å². The van der Waals surface area contributed by atoms with Gasteiger partial charge in [-0.1, -0.05) is 17.7 Å². The van der Waals surface area contributed by atoms with Crippen LogP contribution in [0.4, 0.5) is 11.5 Å². The number of aryl methyl sites for hydroxylation is 1. The van der Waals surface area contributed by atoms with Gasteiger partial charge in [0.15, 0.2) is 0 Å². The number of benzene rings is 1. The summed E-state index contributed by atoms with van der Waals surface area (Å²) < 4.78 is 0.868. The number of hydrogen-bond acceptors (Lipinski definition) is 3. The summed E-state index contributed by atoms with van der Waals surface area (Å²) in [5.41, 5.74) is 3.07. The van der Waals surface area contributed by atoms with E-state index in [1.54, 1.807) is 6.20 Å². The highest BCUT2D eigenvalue weighted by Gasteiger charge is 2.10. The van der Waals surface area contributed by atoms with Crippen molar-refractivity contribution in [2.24, 2.45) is 0 Å². The molecule has 1 N–H and O–H groups in total. The fourth-order valence-corrected chi connectivity index (χ4v) is 2.16. The molecule has 0 aliphatic heterocycles. The van der Waals surface area contributed by atoms with Crippen LogP contribution in [0, 0.1) is 6.92 Å². The van der Waals surface area contributed by atoms with Gasteiger partial charge < -0.3 is 10.0 Å². The fourth-order valence-electron chi connectivity index (χ4n) is 1.78. The molecule has 2 rings (SSSR count). The first-order chi connectivity index (χ1) is 8.61. The molecule has 0 unspecified atom stereocenters. The number of aliphatic hydroxyl groups is 1. The SMILES string of the molecule is Cc1ccc(N(C)c2ncc(Br)cc2CO)cc1. The fraction of sp³-hybridized carbons (Fsp3) is 0.214. The van der Waals surface area contributed by atoms with Gasteiger partial charge in [0.2, 0.25) is 0 Å². The number of pyridine rings is 1. The number of aliphatic hydroxyl groups excluding tert-OH is 1. The van der Waals surface area contributed by atoms with Crippen LogP contribution in [-0.2, 0) is 6.61 Å². The summed E-state index contributed by atoms with van der Waals surface area (Å²) >= 11 is 3.36. The zero-order chi connectivity index (χ0) is 13.1. The third-order valence-electron chi connectivity index (χ3n) is 2.82. The molecule has 1 aromatic heterocycles. The van der Waals surface area contributed by atoms with Gasteiger partial charge in [0.25, 0.3) is 0 Å². The predicted octanol–water partition coefficient (Wildman–Crippen LogP) is 3.41. The van der Waals surface area contributed by atoms with Crippen LogP contribution in [0.25, 0.3) is 0 Å². The van der Waals surface area contributed by atoms with Crippen LogP contribution in [0.15, 0.2) is 41.0 Å². The highest BCUT2D eigenvalue weighted by atomic mass is 79.9. The maximum absolute atomic E-state index is 9.40. The van der Waals surface area contributed by atoms with E-state index in [-0.39, 0.29) is 6.61 Å². The summed E-state index contributed by atoms with van der Waals surface area (Å²) in [5, 5.41) is 9.40. The van der Waals surface area contributed by atoms with Crippen molar-refractivity contribution in [1.29, 1.82) is 0 Å². The first-order valence-corrected chi connectivity index (χ1v) is 6.47. The summed E-state index contributed by atoms with van der Waals surface area (Å²) in [7, 11) is 1.94. The molecular formula is C14H15BrN2O. The Morgan fingerprint density at radius 1 is 1.28 bits per heavy atom. The monoisotopic (exact) mass is 306 g/mol. The quantitative estimate of drug-likeness (QED) is 0.944. The van der Waals surface area contributed by atoms with Gasteiger partial charge in [0.1, 0.15) is 5.82 Å². The number of hydrogen-bond donors (Lipinski definition) is 1. The lowest BCUT2D eigenvalue weighted by Crippen LogP contribution is -2.13. The first-order valence-electron chi connectivity index (χ1n) is 5.67. The van der Waals surface area contributed by atoms with Gasteiger partial charge in [0, 0.05) is 29.0 Å². The molecule has 0 amide bonds. The van der Waals surface area contributed by atoms with Crippen molar-refractivity contribution >= 4 is 27.4 Å². The third kappa shape index (κ3) is 2.71. The summed E-state index contributed by atoms with van der Waals surface area (Å²) in [6, 6.07) is 10.1. The average molecular weight is 307 g/mol. The van der Waals surface area contributed by atoms with Crippen LogP contribution < -0.4 is 4.90 Å². The van der Waals surface area contributed by atoms with Gasteiger partial charge >= 0.3 is 0 Å². The first kappa shape index (κ1) is 13.1. The van der Waals surface area contributed by atoms with E-state index >= 15 is 0 Å². The van der Waals surface area contributed by atoms with Crippen LogP contribution in [0.5, 0.6) is 0 Å². The summed E-state index contributed by atoms with van der Waals surface area (Å²) in [4.78, 5) is 6.34. The van der Waals surface area contributed by atoms with Gasteiger partial charge in [-0.3, -0.25) is 0 Å². The normalized spacial score (nSPS) is 10.4. The molecule has 0 radical (unpaired) electrons. The Morgan fingerprint density at radius 2 is 1.94 bits per heavy atom. The number of anilines is 2. The van der Waals surface area contributed by atoms with Crippen molar-refractivity contribution in [1.82, 2.24) is 4.98 Å². The molecule has 0 aliphatic carbocycles. The molecular weight excluding hydrogens is 292 g/mol. The number of nitrogens with zero attached hydrogens (tertiary/aromatic N) is 2. The Morgan fingerprint density at radius 3 is 2.56 bits per heavy atom. The maximum atomic E-state index is 9.40. The summed E-state index contributed by atoms with van der Waals surface area (Å²) in [6.45, 7) is 2.03. The zero-order valence-electron chi connectivity index (χ0n) is 10.4. The molecule has 0 aliphatic rings. The Bertz CT molecular complexity index is 540.